The molecule has 134 valence electrons. The van der Waals surface area contributed by atoms with Crippen LogP contribution in [0.3, 0.4) is 0 Å². The van der Waals surface area contributed by atoms with E-state index in [4.69, 9.17) is 28.9 Å². The summed E-state index contributed by atoms with van der Waals surface area (Å²) < 4.78 is 0. The lowest BCUT2D eigenvalue weighted by Crippen LogP contribution is -2.48. The van der Waals surface area contributed by atoms with Gasteiger partial charge in [-0.1, -0.05) is 57.0 Å². The summed E-state index contributed by atoms with van der Waals surface area (Å²) in [5, 5.41) is 6.43. The number of nitrogens with one attached hydrogen (secondary N) is 2. The summed E-state index contributed by atoms with van der Waals surface area (Å²) in [7, 11) is 0. The second-order valence-corrected chi connectivity index (χ2v) is 7.56. The van der Waals surface area contributed by atoms with E-state index in [-0.39, 0.29) is 24.3 Å². The largest absolute Gasteiger partial charge is 0.354 e. The zero-order valence-corrected chi connectivity index (χ0v) is 16.0. The van der Waals surface area contributed by atoms with E-state index >= 15 is 0 Å². The van der Waals surface area contributed by atoms with E-state index < -0.39 is 11.5 Å². The van der Waals surface area contributed by atoms with Crippen LogP contribution >= 0.6 is 23.2 Å². The Morgan fingerprint density at radius 3 is 2.21 bits per heavy atom. The quantitative estimate of drug-likeness (QED) is 0.686. The molecule has 5 nitrogen and oxygen atoms in total. The highest BCUT2D eigenvalue weighted by atomic mass is 35.5. The molecule has 0 radical (unpaired) electrons. The first-order chi connectivity index (χ1) is 11.1. The standard InChI is InChI=1S/C17H25Cl2N3O2/c1-10(2)15(20)16(24)21-8-13(23)22-9-17(3,4)14-11(18)6-5-7-12(14)19/h5-7,10,15H,8-9,20H2,1-4H3,(H,21,24)(H,22,23)/t15-/m0/s1. The molecule has 0 aliphatic rings. The van der Waals surface area contributed by atoms with E-state index in [1.807, 2.05) is 27.7 Å². The summed E-state index contributed by atoms with van der Waals surface area (Å²) in [5.74, 6) is -0.626. The number of amides is 2. The average Bonchev–Trinajstić information content (AvgIpc) is 2.49. The van der Waals surface area contributed by atoms with Gasteiger partial charge in [0.25, 0.3) is 0 Å². The molecular weight excluding hydrogens is 349 g/mol. The van der Waals surface area contributed by atoms with Crippen LogP contribution < -0.4 is 16.4 Å². The van der Waals surface area contributed by atoms with E-state index in [0.29, 0.717) is 16.6 Å². The number of carbonyl (C=O) groups excluding carboxylic acids is 2. The molecule has 0 spiro atoms. The van der Waals surface area contributed by atoms with Gasteiger partial charge < -0.3 is 16.4 Å². The summed E-state index contributed by atoms with van der Waals surface area (Å²) >= 11 is 12.5. The van der Waals surface area contributed by atoms with Crippen LogP contribution in [0.2, 0.25) is 10.0 Å². The average molecular weight is 374 g/mol. The van der Waals surface area contributed by atoms with Gasteiger partial charge in [-0.15, -0.1) is 0 Å². The molecule has 0 aliphatic carbocycles. The minimum atomic E-state index is -0.629. The Hall–Kier alpha value is -1.30. The first kappa shape index (κ1) is 20.7. The lowest BCUT2D eigenvalue weighted by Gasteiger charge is -2.28. The Balaban J connectivity index is 2.59. The topological polar surface area (TPSA) is 84.2 Å². The lowest BCUT2D eigenvalue weighted by molar-refractivity contribution is -0.127. The van der Waals surface area contributed by atoms with Crippen LogP contribution in [0.5, 0.6) is 0 Å². The van der Waals surface area contributed by atoms with Crippen LogP contribution in [0.15, 0.2) is 18.2 Å². The van der Waals surface area contributed by atoms with Gasteiger partial charge in [0, 0.05) is 22.0 Å². The van der Waals surface area contributed by atoms with Crippen molar-refractivity contribution in [2.24, 2.45) is 11.7 Å². The van der Waals surface area contributed by atoms with Crippen molar-refractivity contribution < 1.29 is 9.59 Å². The first-order valence-electron chi connectivity index (χ1n) is 7.80. The van der Waals surface area contributed by atoms with Gasteiger partial charge >= 0.3 is 0 Å². The molecule has 24 heavy (non-hydrogen) atoms. The molecule has 1 aromatic rings. The smallest absolute Gasteiger partial charge is 0.239 e. The zero-order chi connectivity index (χ0) is 18.5. The Kier molecular flexibility index (Phi) is 7.52. The number of halogens is 2. The fourth-order valence-corrected chi connectivity index (χ4v) is 3.11. The van der Waals surface area contributed by atoms with Crippen molar-refractivity contribution in [1.29, 1.82) is 0 Å². The molecular formula is C17H25Cl2N3O2. The maximum Gasteiger partial charge on any atom is 0.239 e. The Morgan fingerprint density at radius 1 is 1.17 bits per heavy atom. The molecule has 0 saturated heterocycles. The van der Waals surface area contributed by atoms with Gasteiger partial charge in [0.15, 0.2) is 0 Å². The minimum absolute atomic E-state index is 0.00867. The van der Waals surface area contributed by atoms with Crippen LogP contribution in [-0.4, -0.2) is 30.9 Å². The van der Waals surface area contributed by atoms with E-state index in [1.165, 1.54) is 0 Å². The Bertz CT molecular complexity index is 583. The van der Waals surface area contributed by atoms with Crippen LogP contribution in [-0.2, 0) is 15.0 Å². The van der Waals surface area contributed by atoms with Crippen molar-refractivity contribution in [3.63, 3.8) is 0 Å². The summed E-state index contributed by atoms with van der Waals surface area (Å²) in [5.41, 5.74) is 6.05. The van der Waals surface area contributed by atoms with Gasteiger partial charge in [-0.2, -0.15) is 0 Å². The molecule has 0 unspecified atom stereocenters. The first-order valence-corrected chi connectivity index (χ1v) is 8.56. The molecule has 0 saturated carbocycles. The van der Waals surface area contributed by atoms with E-state index in [9.17, 15) is 9.59 Å². The van der Waals surface area contributed by atoms with E-state index in [0.717, 1.165) is 5.56 Å². The van der Waals surface area contributed by atoms with Crippen LogP contribution in [0, 0.1) is 5.92 Å². The number of hydrogen-bond donors (Lipinski definition) is 3. The highest BCUT2D eigenvalue weighted by Gasteiger charge is 2.26. The maximum absolute atomic E-state index is 12.0. The Morgan fingerprint density at radius 2 is 1.71 bits per heavy atom. The SMILES string of the molecule is CC(C)[C@H](N)C(=O)NCC(=O)NCC(C)(C)c1c(Cl)cccc1Cl. The predicted molar refractivity (Wildman–Crippen MR) is 98.3 cm³/mol. The van der Waals surface area contributed by atoms with E-state index in [1.54, 1.807) is 18.2 Å². The molecule has 0 aromatic heterocycles. The van der Waals surface area contributed by atoms with Crippen molar-refractivity contribution in [1.82, 2.24) is 10.6 Å². The number of rotatable bonds is 7. The summed E-state index contributed by atoms with van der Waals surface area (Å²) in [4.78, 5) is 23.7. The summed E-state index contributed by atoms with van der Waals surface area (Å²) in [6.07, 6.45) is 0. The van der Waals surface area contributed by atoms with Crippen molar-refractivity contribution in [3.05, 3.63) is 33.8 Å². The van der Waals surface area contributed by atoms with Crippen LogP contribution in [0.25, 0.3) is 0 Å². The molecule has 2 amide bonds. The highest BCUT2D eigenvalue weighted by molar-refractivity contribution is 6.36. The summed E-state index contributed by atoms with van der Waals surface area (Å²) in [6, 6.07) is 4.67. The summed E-state index contributed by atoms with van der Waals surface area (Å²) in [6.45, 7) is 7.79. The molecule has 0 fully saturated rings. The van der Waals surface area contributed by atoms with Gasteiger partial charge in [0.2, 0.25) is 11.8 Å². The Labute approximate surface area is 153 Å². The highest BCUT2D eigenvalue weighted by Crippen LogP contribution is 2.35. The van der Waals surface area contributed by atoms with Crippen molar-refractivity contribution in [3.8, 4) is 0 Å². The van der Waals surface area contributed by atoms with Gasteiger partial charge in [-0.25, -0.2) is 0 Å². The molecule has 1 aromatic carbocycles. The predicted octanol–water partition coefficient (Wildman–Crippen LogP) is 2.49. The zero-order valence-electron chi connectivity index (χ0n) is 14.5. The molecule has 0 heterocycles. The fraction of sp³-hybridized carbons (Fsp3) is 0.529. The number of nitrogens with two attached hydrogens (primary N) is 1. The van der Waals surface area contributed by atoms with Crippen molar-refractivity contribution in [2.75, 3.05) is 13.1 Å². The molecule has 4 N–H and O–H groups in total. The third-order valence-corrected chi connectivity index (χ3v) is 4.44. The van der Waals surface area contributed by atoms with Crippen molar-refractivity contribution in [2.45, 2.75) is 39.2 Å². The molecule has 7 heteroatoms. The number of carbonyl (C=O) groups is 2. The van der Waals surface area contributed by atoms with Gasteiger partial charge in [0.1, 0.15) is 0 Å². The second kappa shape index (κ2) is 8.70. The number of hydrogen-bond acceptors (Lipinski definition) is 3. The van der Waals surface area contributed by atoms with E-state index in [2.05, 4.69) is 10.6 Å². The minimum Gasteiger partial charge on any atom is -0.354 e. The third-order valence-electron chi connectivity index (χ3n) is 3.81. The van der Waals surface area contributed by atoms with Crippen LogP contribution in [0.4, 0.5) is 0 Å². The lowest BCUT2D eigenvalue weighted by atomic mass is 9.84. The number of benzene rings is 1. The molecule has 0 bridgehead atoms. The van der Waals surface area contributed by atoms with Gasteiger partial charge in [-0.05, 0) is 23.6 Å². The molecule has 1 rings (SSSR count). The maximum atomic E-state index is 12.0. The van der Waals surface area contributed by atoms with Gasteiger partial charge in [-0.3, -0.25) is 9.59 Å². The van der Waals surface area contributed by atoms with Crippen LogP contribution in [0.1, 0.15) is 33.3 Å². The second-order valence-electron chi connectivity index (χ2n) is 6.74. The fourth-order valence-electron chi connectivity index (χ4n) is 2.20. The third kappa shape index (κ3) is 5.65. The van der Waals surface area contributed by atoms with Gasteiger partial charge in [0.05, 0.1) is 12.6 Å². The normalized spacial score (nSPS) is 12.8. The molecule has 1 atom stereocenters. The van der Waals surface area contributed by atoms with Crippen molar-refractivity contribution >= 4 is 35.0 Å². The monoisotopic (exact) mass is 373 g/mol. The molecule has 0 aliphatic heterocycles.